The van der Waals surface area contributed by atoms with E-state index in [4.69, 9.17) is 9.47 Å². The number of morpholine rings is 1. The first kappa shape index (κ1) is 23.5. The summed E-state index contributed by atoms with van der Waals surface area (Å²) in [6.45, 7) is 1.91. The summed E-state index contributed by atoms with van der Waals surface area (Å²) in [5, 5.41) is 17.2. The molecule has 1 aliphatic heterocycles. The molecule has 3 aromatic rings. The van der Waals surface area contributed by atoms with Gasteiger partial charge in [0.05, 0.1) is 19.8 Å². The third-order valence-electron chi connectivity index (χ3n) is 6.00. The minimum absolute atomic E-state index is 0.0746. The van der Waals surface area contributed by atoms with Gasteiger partial charge >= 0.3 is 0 Å². The van der Waals surface area contributed by atoms with E-state index in [1.807, 2.05) is 43.3 Å². The number of aliphatic hydroxyl groups excluding tert-OH is 1. The van der Waals surface area contributed by atoms with Crippen molar-refractivity contribution in [2.24, 2.45) is 7.05 Å². The summed E-state index contributed by atoms with van der Waals surface area (Å²) in [6.07, 6.45) is -0.496. The Kier molecular flexibility index (Phi) is 6.95. The Morgan fingerprint density at radius 2 is 1.91 bits per heavy atom. The number of rotatable bonds is 7. The van der Waals surface area contributed by atoms with Gasteiger partial charge in [0.25, 0.3) is 5.91 Å². The van der Waals surface area contributed by atoms with Gasteiger partial charge in [-0.15, -0.1) is 0 Å². The number of aryl methyl sites for hydroxylation is 2. The van der Waals surface area contributed by atoms with Gasteiger partial charge in [0, 0.05) is 25.0 Å². The number of nitrogens with one attached hydrogen (secondary N) is 1. The number of amides is 2. The molecule has 0 aliphatic carbocycles. The summed E-state index contributed by atoms with van der Waals surface area (Å²) in [4.78, 5) is 26.7. The molecule has 34 heavy (non-hydrogen) atoms. The van der Waals surface area contributed by atoms with Crippen LogP contribution in [0.3, 0.4) is 0 Å². The highest BCUT2D eigenvalue weighted by Gasteiger charge is 2.37. The fourth-order valence-corrected chi connectivity index (χ4v) is 3.97. The van der Waals surface area contributed by atoms with E-state index >= 15 is 0 Å². The van der Waals surface area contributed by atoms with Gasteiger partial charge in [-0.2, -0.15) is 5.10 Å². The first-order valence-electron chi connectivity index (χ1n) is 11.0. The molecule has 2 aromatic carbocycles. The fourth-order valence-electron chi connectivity index (χ4n) is 3.97. The van der Waals surface area contributed by atoms with Gasteiger partial charge in [-0.25, -0.2) is 0 Å². The van der Waals surface area contributed by atoms with Crippen molar-refractivity contribution in [3.8, 4) is 5.75 Å². The monoisotopic (exact) mass is 464 g/mol. The van der Waals surface area contributed by atoms with Crippen LogP contribution >= 0.6 is 0 Å². The Morgan fingerprint density at radius 3 is 2.50 bits per heavy atom. The van der Waals surface area contributed by atoms with Gasteiger partial charge in [-0.1, -0.05) is 24.3 Å². The smallest absolute Gasteiger partial charge is 0.276 e. The van der Waals surface area contributed by atoms with Crippen LogP contribution in [-0.4, -0.2) is 58.0 Å². The third kappa shape index (κ3) is 4.95. The molecule has 1 fully saturated rings. The number of aliphatic hydroxyl groups is 1. The van der Waals surface area contributed by atoms with E-state index in [1.165, 1.54) is 0 Å². The van der Waals surface area contributed by atoms with Crippen LogP contribution in [0, 0.1) is 6.92 Å². The van der Waals surface area contributed by atoms with Crippen molar-refractivity contribution in [2.45, 2.75) is 25.6 Å². The normalized spacial score (nSPS) is 18.1. The third-order valence-corrected chi connectivity index (χ3v) is 6.00. The average Bonchev–Trinajstić information content (AvgIpc) is 3.19. The molecular weight excluding hydrogens is 436 g/mol. The number of methoxy groups -OCH3 is 1. The Morgan fingerprint density at radius 1 is 1.21 bits per heavy atom. The number of nitrogens with zero attached hydrogens (tertiary/aromatic N) is 3. The summed E-state index contributed by atoms with van der Waals surface area (Å²) >= 11 is 0. The van der Waals surface area contributed by atoms with Crippen LogP contribution in [0.15, 0.2) is 54.6 Å². The van der Waals surface area contributed by atoms with Crippen molar-refractivity contribution >= 4 is 17.5 Å². The molecule has 2 heterocycles. The van der Waals surface area contributed by atoms with Crippen LogP contribution in [0.1, 0.15) is 33.4 Å². The second-order valence-corrected chi connectivity index (χ2v) is 8.22. The van der Waals surface area contributed by atoms with E-state index in [-0.39, 0.29) is 25.0 Å². The van der Waals surface area contributed by atoms with E-state index in [0.29, 0.717) is 17.9 Å². The van der Waals surface area contributed by atoms with E-state index in [2.05, 4.69) is 10.4 Å². The lowest BCUT2D eigenvalue weighted by molar-refractivity contribution is -0.162. The minimum Gasteiger partial charge on any atom is -0.497 e. The molecule has 4 rings (SSSR count). The number of benzene rings is 2. The van der Waals surface area contributed by atoms with Crippen molar-refractivity contribution in [3.63, 3.8) is 0 Å². The van der Waals surface area contributed by atoms with Crippen LogP contribution < -0.4 is 10.1 Å². The zero-order chi connectivity index (χ0) is 24.2. The molecule has 0 radical (unpaired) electrons. The van der Waals surface area contributed by atoms with Gasteiger partial charge < -0.3 is 24.8 Å². The van der Waals surface area contributed by atoms with Crippen LogP contribution in [0.2, 0.25) is 0 Å². The summed E-state index contributed by atoms with van der Waals surface area (Å²) < 4.78 is 12.7. The molecule has 2 amide bonds. The van der Waals surface area contributed by atoms with Crippen molar-refractivity contribution < 1.29 is 24.2 Å². The second-order valence-electron chi connectivity index (χ2n) is 8.22. The van der Waals surface area contributed by atoms with Crippen molar-refractivity contribution in [3.05, 3.63) is 77.1 Å². The first-order chi connectivity index (χ1) is 16.4. The molecule has 1 aromatic heterocycles. The number of aromatic nitrogens is 2. The highest BCUT2D eigenvalue weighted by atomic mass is 16.5. The molecule has 2 N–H and O–H groups in total. The maximum atomic E-state index is 12.6. The fraction of sp³-hybridized carbons (Fsp3) is 0.320. The van der Waals surface area contributed by atoms with Crippen molar-refractivity contribution in [1.82, 2.24) is 14.7 Å². The van der Waals surface area contributed by atoms with Gasteiger partial charge in [-0.3, -0.25) is 14.3 Å². The molecule has 178 valence electrons. The number of anilines is 1. The van der Waals surface area contributed by atoms with Crippen molar-refractivity contribution in [2.75, 3.05) is 25.6 Å². The van der Waals surface area contributed by atoms with Crippen LogP contribution in [-0.2, 0) is 23.1 Å². The van der Waals surface area contributed by atoms with Crippen molar-refractivity contribution in [1.29, 1.82) is 0 Å². The van der Waals surface area contributed by atoms with Gasteiger partial charge in [0.2, 0.25) is 5.91 Å². The predicted octanol–water partition coefficient (Wildman–Crippen LogP) is 2.45. The molecular formula is C25H28N4O5. The SMILES string of the molecule is COc1ccc(CN2C(=O)CO[C@H](c3ccc(NC(=O)c4cc(C)n(C)n4)cc3)[C@H]2CO)cc1. The standard InChI is InChI=1S/C25H28N4O5/c1-16-12-21(27-28(16)2)25(32)26-19-8-6-18(7-9-19)24-22(14-30)29(23(31)15-34-24)13-17-4-10-20(33-3)11-5-17/h4-12,22,24,30H,13-15H2,1-3H3,(H,26,32)/t22-,24-/m1/s1. The maximum Gasteiger partial charge on any atom is 0.276 e. The zero-order valence-electron chi connectivity index (χ0n) is 19.4. The van der Waals surface area contributed by atoms with Gasteiger partial charge in [-0.05, 0) is 48.4 Å². The summed E-state index contributed by atoms with van der Waals surface area (Å²) in [6, 6.07) is 15.8. The molecule has 1 saturated heterocycles. The quantitative estimate of drug-likeness (QED) is 0.557. The molecule has 9 nitrogen and oxygen atoms in total. The molecule has 0 unspecified atom stereocenters. The average molecular weight is 465 g/mol. The zero-order valence-corrected chi connectivity index (χ0v) is 19.4. The summed E-state index contributed by atoms with van der Waals surface area (Å²) in [5.74, 6) is 0.259. The number of ether oxygens (including phenoxy) is 2. The lowest BCUT2D eigenvalue weighted by atomic mass is 9.98. The first-order valence-corrected chi connectivity index (χ1v) is 11.0. The number of hydrogen-bond acceptors (Lipinski definition) is 6. The topological polar surface area (TPSA) is 106 Å². The molecule has 9 heteroatoms. The molecule has 0 spiro atoms. The van der Waals surface area contributed by atoms with Crippen LogP contribution in [0.25, 0.3) is 0 Å². The van der Waals surface area contributed by atoms with E-state index < -0.39 is 12.1 Å². The highest BCUT2D eigenvalue weighted by Crippen LogP contribution is 2.31. The summed E-state index contributed by atoms with van der Waals surface area (Å²) in [7, 11) is 3.38. The highest BCUT2D eigenvalue weighted by molar-refractivity contribution is 6.02. The van der Waals surface area contributed by atoms with Gasteiger partial charge in [0.1, 0.15) is 18.5 Å². The Labute approximate surface area is 197 Å². The van der Waals surface area contributed by atoms with E-state index in [0.717, 1.165) is 22.6 Å². The lowest BCUT2D eigenvalue weighted by Gasteiger charge is -2.40. The Balaban J connectivity index is 1.47. The maximum absolute atomic E-state index is 12.6. The number of carbonyl (C=O) groups is 2. The number of hydrogen-bond donors (Lipinski definition) is 2. The van der Waals surface area contributed by atoms with Crippen LogP contribution in [0.5, 0.6) is 5.75 Å². The minimum atomic E-state index is -0.541. The molecule has 0 bridgehead atoms. The van der Waals surface area contributed by atoms with E-state index in [1.54, 1.807) is 41.9 Å². The van der Waals surface area contributed by atoms with E-state index in [9.17, 15) is 14.7 Å². The lowest BCUT2D eigenvalue weighted by Crippen LogP contribution is -2.52. The number of carbonyl (C=O) groups excluding carboxylic acids is 2. The predicted molar refractivity (Wildman–Crippen MR) is 125 cm³/mol. The summed E-state index contributed by atoms with van der Waals surface area (Å²) in [5.41, 5.74) is 3.57. The largest absolute Gasteiger partial charge is 0.497 e. The van der Waals surface area contributed by atoms with Gasteiger partial charge in [0.15, 0.2) is 5.69 Å². The second kappa shape index (κ2) is 10.1. The van der Waals surface area contributed by atoms with Crippen LogP contribution in [0.4, 0.5) is 5.69 Å². The Bertz CT molecular complexity index is 1140. The molecule has 1 aliphatic rings. The molecule has 2 atom stereocenters. The molecule has 0 saturated carbocycles. The Hall–Kier alpha value is -3.69.